The number of hydrogen-bond acceptors (Lipinski definition) is 4. The van der Waals surface area contributed by atoms with Crippen molar-refractivity contribution in [3.8, 4) is 11.3 Å². The second-order valence-corrected chi connectivity index (χ2v) is 6.53. The molecule has 0 bridgehead atoms. The summed E-state index contributed by atoms with van der Waals surface area (Å²) in [6.45, 7) is 13.7. The van der Waals surface area contributed by atoms with Crippen LogP contribution in [0.15, 0.2) is 46.9 Å². The van der Waals surface area contributed by atoms with E-state index in [2.05, 4.69) is 79.6 Å². The molecule has 2 aliphatic rings. The van der Waals surface area contributed by atoms with Crippen molar-refractivity contribution in [2.45, 2.75) is 34.6 Å². The van der Waals surface area contributed by atoms with E-state index in [0.717, 1.165) is 55.4 Å². The smallest absolute Gasteiger partial charge is 0.203 e. The first-order valence-corrected chi connectivity index (χ1v) is 9.91. The summed E-state index contributed by atoms with van der Waals surface area (Å²) in [6.07, 6.45) is 0. The zero-order valence-electron chi connectivity index (χ0n) is 17.5. The third-order valence-corrected chi connectivity index (χ3v) is 4.78. The number of nitrogens with zero attached hydrogens (tertiary/aromatic N) is 2. The number of aliphatic carboxylic acids is 1. The van der Waals surface area contributed by atoms with Crippen LogP contribution in [0.3, 0.4) is 0 Å². The lowest BCUT2D eigenvalue weighted by Crippen LogP contribution is -2.29. The number of rotatable bonds is 5. The SMILES string of the molecule is CC(=O)[O-].CCN(CC)c1ccc2cc3ccc(=[N+](CC)CC)cc-3oc2c1. The van der Waals surface area contributed by atoms with Gasteiger partial charge in [-0.2, -0.15) is 0 Å². The highest BCUT2D eigenvalue weighted by Crippen LogP contribution is 2.29. The standard InChI is InChI=1S/C21H27N2O.C2H4O2/c1-5-22(6-2)18-11-9-16-13-17-10-12-19(23(7-3)8-4)15-21(17)24-20(16)14-18;1-2(3)4/h9-15H,5-8H2,1-4H3;1H3,(H,3,4)/q+1;/p-1. The molecule has 0 aromatic heterocycles. The van der Waals surface area contributed by atoms with Crippen LogP contribution in [0.25, 0.3) is 22.3 Å². The van der Waals surface area contributed by atoms with E-state index in [0.29, 0.717) is 0 Å². The predicted molar refractivity (Wildman–Crippen MR) is 113 cm³/mol. The van der Waals surface area contributed by atoms with Crippen molar-refractivity contribution in [1.82, 2.24) is 4.58 Å². The summed E-state index contributed by atoms with van der Waals surface area (Å²) in [6, 6.07) is 15.2. The first-order valence-electron chi connectivity index (χ1n) is 9.91. The van der Waals surface area contributed by atoms with Crippen molar-refractivity contribution < 1.29 is 14.3 Å². The minimum Gasteiger partial charge on any atom is -0.550 e. The van der Waals surface area contributed by atoms with Gasteiger partial charge in [-0.3, -0.25) is 0 Å². The van der Waals surface area contributed by atoms with Crippen LogP contribution in [0.4, 0.5) is 5.69 Å². The fourth-order valence-corrected chi connectivity index (χ4v) is 3.32. The van der Waals surface area contributed by atoms with Crippen LogP contribution in [0.1, 0.15) is 34.6 Å². The van der Waals surface area contributed by atoms with Gasteiger partial charge in [0.25, 0.3) is 0 Å². The molecule has 5 nitrogen and oxygen atoms in total. The molecule has 0 spiro atoms. The number of benzene rings is 2. The molecule has 28 heavy (non-hydrogen) atoms. The summed E-state index contributed by atoms with van der Waals surface area (Å²) in [5.74, 6) is -0.136. The first-order chi connectivity index (χ1) is 13.4. The maximum Gasteiger partial charge on any atom is 0.203 e. The van der Waals surface area contributed by atoms with Gasteiger partial charge in [-0.15, -0.1) is 0 Å². The summed E-state index contributed by atoms with van der Waals surface area (Å²) in [7, 11) is 0. The van der Waals surface area contributed by atoms with E-state index in [9.17, 15) is 0 Å². The largest absolute Gasteiger partial charge is 0.550 e. The molecular weight excluding hydrogens is 352 g/mol. The molecule has 0 N–H and O–H groups in total. The Morgan fingerprint density at radius 1 is 1.00 bits per heavy atom. The average Bonchev–Trinajstić information content (AvgIpc) is 2.67. The lowest BCUT2D eigenvalue weighted by molar-refractivity contribution is -0.302. The van der Waals surface area contributed by atoms with E-state index >= 15 is 0 Å². The van der Waals surface area contributed by atoms with Crippen LogP contribution in [0.5, 0.6) is 0 Å². The summed E-state index contributed by atoms with van der Waals surface area (Å²) in [5.41, 5.74) is 3.31. The Morgan fingerprint density at radius 2 is 1.64 bits per heavy atom. The van der Waals surface area contributed by atoms with Crippen LogP contribution in [-0.2, 0) is 4.79 Å². The summed E-state index contributed by atoms with van der Waals surface area (Å²) >= 11 is 0. The Bertz CT molecular complexity index is 961. The van der Waals surface area contributed by atoms with Gasteiger partial charge in [-0.1, -0.05) is 0 Å². The molecule has 0 fully saturated rings. The molecule has 0 atom stereocenters. The Labute approximate surface area is 166 Å². The van der Waals surface area contributed by atoms with Crippen molar-refractivity contribution in [1.29, 1.82) is 0 Å². The minimum atomic E-state index is -1.08. The Morgan fingerprint density at radius 3 is 2.21 bits per heavy atom. The van der Waals surface area contributed by atoms with Gasteiger partial charge in [0, 0.05) is 47.8 Å². The second kappa shape index (κ2) is 9.93. The molecule has 150 valence electrons. The zero-order valence-corrected chi connectivity index (χ0v) is 17.5. The van der Waals surface area contributed by atoms with Gasteiger partial charge < -0.3 is 19.2 Å². The summed E-state index contributed by atoms with van der Waals surface area (Å²) in [5, 5.41) is 11.3. The van der Waals surface area contributed by atoms with Gasteiger partial charge in [0.1, 0.15) is 24.4 Å². The van der Waals surface area contributed by atoms with Gasteiger partial charge in [0.05, 0.1) is 6.07 Å². The van der Waals surface area contributed by atoms with E-state index in [1.165, 1.54) is 11.0 Å². The number of fused-ring (bicyclic) bond motifs is 2. The zero-order chi connectivity index (χ0) is 20.7. The van der Waals surface area contributed by atoms with Crippen molar-refractivity contribution in [3.63, 3.8) is 0 Å². The Hall–Kier alpha value is -2.82. The predicted octanol–water partition coefficient (Wildman–Crippen LogP) is 2.95. The third kappa shape index (κ3) is 5.12. The lowest BCUT2D eigenvalue weighted by Gasteiger charge is -2.21. The van der Waals surface area contributed by atoms with Crippen molar-refractivity contribution in [2.75, 3.05) is 31.1 Å². The van der Waals surface area contributed by atoms with E-state index in [-0.39, 0.29) is 0 Å². The molecular formula is C23H30N2O3. The van der Waals surface area contributed by atoms with Gasteiger partial charge in [-0.25, -0.2) is 4.58 Å². The molecule has 1 aromatic carbocycles. The molecule has 1 aliphatic carbocycles. The fourth-order valence-electron chi connectivity index (χ4n) is 3.32. The van der Waals surface area contributed by atoms with Gasteiger partial charge in [0.2, 0.25) is 5.36 Å². The van der Waals surface area contributed by atoms with Crippen LogP contribution < -0.4 is 19.9 Å². The fraction of sp³-hybridized carbons (Fsp3) is 0.391. The number of carboxylic acids is 1. The Balaban J connectivity index is 0.000000640. The van der Waals surface area contributed by atoms with E-state index in [1.807, 2.05) is 0 Å². The highest BCUT2D eigenvalue weighted by Gasteiger charge is 2.11. The highest BCUT2D eigenvalue weighted by atomic mass is 16.4. The van der Waals surface area contributed by atoms with Crippen molar-refractivity contribution >= 4 is 22.6 Å². The molecule has 1 heterocycles. The first kappa shape index (κ1) is 21.5. The maximum absolute atomic E-state index is 8.89. The normalized spacial score (nSPS) is 10.5. The number of hydrogen-bond donors (Lipinski definition) is 0. The lowest BCUT2D eigenvalue weighted by atomic mass is 10.1. The highest BCUT2D eigenvalue weighted by molar-refractivity contribution is 5.85. The summed E-state index contributed by atoms with van der Waals surface area (Å²) < 4.78 is 8.59. The van der Waals surface area contributed by atoms with Gasteiger partial charge in [-0.05, 0) is 58.9 Å². The van der Waals surface area contributed by atoms with Crippen LogP contribution in [0, 0.1) is 0 Å². The molecule has 0 saturated heterocycles. The monoisotopic (exact) mass is 382 g/mol. The molecule has 0 amide bonds. The van der Waals surface area contributed by atoms with E-state index in [4.69, 9.17) is 14.3 Å². The van der Waals surface area contributed by atoms with Gasteiger partial charge >= 0.3 is 0 Å². The number of carbonyl (C=O) groups excluding carboxylic acids is 1. The molecule has 0 saturated carbocycles. The maximum atomic E-state index is 8.89. The number of carbonyl (C=O) groups is 1. The van der Waals surface area contributed by atoms with Gasteiger partial charge in [0.15, 0.2) is 0 Å². The second-order valence-electron chi connectivity index (χ2n) is 6.53. The topological polar surface area (TPSA) is 59.5 Å². The number of carboxylic acid groups (broad SMARTS) is 1. The van der Waals surface area contributed by atoms with Crippen molar-refractivity contribution in [3.05, 3.63) is 47.8 Å². The van der Waals surface area contributed by atoms with Crippen molar-refractivity contribution in [2.24, 2.45) is 0 Å². The molecule has 0 radical (unpaired) electrons. The molecule has 3 rings (SSSR count). The average molecular weight is 383 g/mol. The third-order valence-electron chi connectivity index (χ3n) is 4.78. The molecule has 1 aromatic rings. The van der Waals surface area contributed by atoms with Crippen LogP contribution >= 0.6 is 0 Å². The quantitative estimate of drug-likeness (QED) is 0.503. The molecule has 0 unspecified atom stereocenters. The van der Waals surface area contributed by atoms with Crippen LogP contribution in [-0.4, -0.2) is 32.1 Å². The minimum absolute atomic E-state index is 0.948. The van der Waals surface area contributed by atoms with Crippen LogP contribution in [0.2, 0.25) is 0 Å². The Kier molecular flexibility index (Phi) is 7.61. The summed E-state index contributed by atoms with van der Waals surface area (Å²) in [4.78, 5) is 11.2. The molecule has 1 aliphatic heterocycles. The molecule has 5 heteroatoms. The van der Waals surface area contributed by atoms with E-state index in [1.54, 1.807) is 0 Å². The number of anilines is 1. The van der Waals surface area contributed by atoms with E-state index < -0.39 is 5.97 Å².